The van der Waals surface area contributed by atoms with E-state index in [2.05, 4.69) is 27.8 Å². The molecule has 0 saturated carbocycles. The predicted octanol–water partition coefficient (Wildman–Crippen LogP) is 1.95. The van der Waals surface area contributed by atoms with Crippen molar-refractivity contribution in [1.82, 2.24) is 25.1 Å². The van der Waals surface area contributed by atoms with Crippen molar-refractivity contribution in [3.05, 3.63) is 29.6 Å². The van der Waals surface area contributed by atoms with Gasteiger partial charge < -0.3 is 10.2 Å². The number of carbonyl (C=O) groups is 1. The van der Waals surface area contributed by atoms with Crippen molar-refractivity contribution in [3.8, 4) is 5.69 Å². The van der Waals surface area contributed by atoms with Gasteiger partial charge in [0.1, 0.15) is 0 Å². The number of benzene rings is 1. The number of aryl methyl sites for hydroxylation is 2. The monoisotopic (exact) mass is 328 g/mol. The fraction of sp³-hybridized carbons (Fsp3) is 0.529. The lowest BCUT2D eigenvalue weighted by molar-refractivity contribution is -0.130. The van der Waals surface area contributed by atoms with Crippen LogP contribution in [0.4, 0.5) is 5.69 Å². The number of hydrogen-bond acceptors (Lipinski definition) is 5. The van der Waals surface area contributed by atoms with Crippen LogP contribution in [0.2, 0.25) is 0 Å². The van der Waals surface area contributed by atoms with Crippen LogP contribution < -0.4 is 5.32 Å². The summed E-state index contributed by atoms with van der Waals surface area (Å²) in [7, 11) is 0. The molecule has 1 fully saturated rings. The molecule has 1 aromatic heterocycles. The fourth-order valence-corrected chi connectivity index (χ4v) is 3.11. The van der Waals surface area contributed by atoms with Crippen molar-refractivity contribution in [2.24, 2.45) is 5.92 Å². The van der Waals surface area contributed by atoms with Crippen LogP contribution >= 0.6 is 0 Å². The van der Waals surface area contributed by atoms with Crippen LogP contribution in [0.15, 0.2) is 18.2 Å². The van der Waals surface area contributed by atoms with Crippen LogP contribution in [0.1, 0.15) is 31.2 Å². The summed E-state index contributed by atoms with van der Waals surface area (Å²) in [5, 5.41) is 14.9. The molecule has 0 radical (unpaired) electrons. The summed E-state index contributed by atoms with van der Waals surface area (Å²) in [4.78, 5) is 14.3. The first-order valence-corrected chi connectivity index (χ1v) is 8.42. The van der Waals surface area contributed by atoms with Gasteiger partial charge in [-0.1, -0.05) is 13.0 Å². The third-order valence-corrected chi connectivity index (χ3v) is 4.52. The standard InChI is InChI=1S/C17H24N6O/c1-12-5-4-8-22(11-12)17(24)10-18-15-7-6-13(2)16(9-15)23-14(3)19-20-21-23/h6-7,9,12,18H,4-5,8,10-11H2,1-3H3. The van der Waals surface area contributed by atoms with E-state index in [1.807, 2.05) is 36.9 Å². The molecule has 0 bridgehead atoms. The number of carbonyl (C=O) groups excluding carboxylic acids is 1. The quantitative estimate of drug-likeness (QED) is 0.928. The van der Waals surface area contributed by atoms with E-state index in [-0.39, 0.29) is 5.91 Å². The number of hydrogen-bond donors (Lipinski definition) is 1. The van der Waals surface area contributed by atoms with Gasteiger partial charge in [-0.3, -0.25) is 4.79 Å². The number of rotatable bonds is 4. The van der Waals surface area contributed by atoms with E-state index < -0.39 is 0 Å². The number of nitrogens with one attached hydrogen (secondary N) is 1. The van der Waals surface area contributed by atoms with Gasteiger partial charge in [-0.2, -0.15) is 4.68 Å². The maximum Gasteiger partial charge on any atom is 0.241 e. The molecular formula is C17H24N6O. The van der Waals surface area contributed by atoms with E-state index >= 15 is 0 Å². The average molecular weight is 328 g/mol. The Morgan fingerprint density at radius 1 is 1.38 bits per heavy atom. The molecule has 1 atom stereocenters. The first-order valence-electron chi connectivity index (χ1n) is 8.42. The number of amides is 1. The number of aromatic nitrogens is 4. The lowest BCUT2D eigenvalue weighted by Crippen LogP contribution is -2.41. The first kappa shape index (κ1) is 16.4. The number of tetrazole rings is 1. The molecule has 2 heterocycles. The minimum Gasteiger partial charge on any atom is -0.376 e. The summed E-state index contributed by atoms with van der Waals surface area (Å²) in [6, 6.07) is 5.96. The average Bonchev–Trinajstić information content (AvgIpc) is 2.99. The number of nitrogens with zero attached hydrogens (tertiary/aromatic N) is 5. The minimum absolute atomic E-state index is 0.155. The van der Waals surface area contributed by atoms with Crippen LogP contribution in [0, 0.1) is 19.8 Å². The van der Waals surface area contributed by atoms with Crippen molar-refractivity contribution < 1.29 is 4.79 Å². The Bertz CT molecular complexity index is 726. The van der Waals surface area contributed by atoms with Crippen molar-refractivity contribution in [2.75, 3.05) is 25.0 Å². The predicted molar refractivity (Wildman–Crippen MR) is 92.1 cm³/mol. The molecule has 24 heavy (non-hydrogen) atoms. The Kier molecular flexibility index (Phi) is 4.78. The highest BCUT2D eigenvalue weighted by Crippen LogP contribution is 2.20. The van der Waals surface area contributed by atoms with E-state index in [4.69, 9.17) is 0 Å². The highest BCUT2D eigenvalue weighted by atomic mass is 16.2. The minimum atomic E-state index is 0.155. The molecule has 1 unspecified atom stereocenters. The molecule has 1 aliphatic heterocycles. The summed E-state index contributed by atoms with van der Waals surface area (Å²) >= 11 is 0. The third kappa shape index (κ3) is 3.55. The van der Waals surface area contributed by atoms with Gasteiger partial charge in [0.2, 0.25) is 5.91 Å². The Morgan fingerprint density at radius 3 is 2.92 bits per heavy atom. The number of anilines is 1. The second kappa shape index (κ2) is 6.98. The van der Waals surface area contributed by atoms with Gasteiger partial charge in [0, 0.05) is 18.8 Å². The summed E-state index contributed by atoms with van der Waals surface area (Å²) in [5.74, 6) is 1.48. The Morgan fingerprint density at radius 2 is 2.21 bits per heavy atom. The molecule has 1 N–H and O–H groups in total. The Hall–Kier alpha value is -2.44. The van der Waals surface area contributed by atoms with Crippen LogP contribution in [0.25, 0.3) is 5.69 Å². The van der Waals surface area contributed by atoms with E-state index in [0.29, 0.717) is 12.5 Å². The molecule has 0 spiro atoms. The molecular weight excluding hydrogens is 304 g/mol. The van der Waals surface area contributed by atoms with Gasteiger partial charge in [-0.05, 0) is 60.7 Å². The SMILES string of the molecule is Cc1ccc(NCC(=O)N2CCCC(C)C2)cc1-n1nnnc1C. The zero-order valence-corrected chi connectivity index (χ0v) is 14.5. The Balaban J connectivity index is 1.68. The maximum absolute atomic E-state index is 12.4. The molecule has 1 aliphatic rings. The topological polar surface area (TPSA) is 75.9 Å². The van der Waals surface area contributed by atoms with Crippen LogP contribution in [0.3, 0.4) is 0 Å². The molecule has 1 amide bonds. The number of likely N-dealkylation sites (tertiary alicyclic amines) is 1. The van der Waals surface area contributed by atoms with Crippen LogP contribution in [-0.2, 0) is 4.79 Å². The van der Waals surface area contributed by atoms with Crippen LogP contribution in [-0.4, -0.2) is 50.6 Å². The molecule has 0 aliphatic carbocycles. The van der Waals surface area contributed by atoms with Gasteiger partial charge in [-0.15, -0.1) is 5.10 Å². The highest BCUT2D eigenvalue weighted by molar-refractivity contribution is 5.81. The van der Waals surface area contributed by atoms with Crippen molar-refractivity contribution in [1.29, 1.82) is 0 Å². The molecule has 2 aromatic rings. The molecule has 7 nitrogen and oxygen atoms in total. The van der Waals surface area contributed by atoms with E-state index in [1.54, 1.807) is 4.68 Å². The highest BCUT2D eigenvalue weighted by Gasteiger charge is 2.20. The molecule has 1 aromatic carbocycles. The first-order chi connectivity index (χ1) is 11.5. The van der Waals surface area contributed by atoms with Crippen molar-refractivity contribution in [3.63, 3.8) is 0 Å². The molecule has 7 heteroatoms. The zero-order chi connectivity index (χ0) is 17.1. The zero-order valence-electron chi connectivity index (χ0n) is 14.5. The van der Waals surface area contributed by atoms with Gasteiger partial charge in [0.25, 0.3) is 0 Å². The summed E-state index contributed by atoms with van der Waals surface area (Å²) in [6.45, 7) is 8.12. The summed E-state index contributed by atoms with van der Waals surface area (Å²) in [5.41, 5.74) is 2.89. The van der Waals surface area contributed by atoms with E-state index in [9.17, 15) is 4.79 Å². The number of piperidine rings is 1. The summed E-state index contributed by atoms with van der Waals surface area (Å²) in [6.07, 6.45) is 2.31. The summed E-state index contributed by atoms with van der Waals surface area (Å²) < 4.78 is 1.70. The second-order valence-corrected chi connectivity index (χ2v) is 6.58. The van der Waals surface area contributed by atoms with Crippen LogP contribution in [0.5, 0.6) is 0 Å². The smallest absolute Gasteiger partial charge is 0.241 e. The van der Waals surface area contributed by atoms with Gasteiger partial charge in [0.15, 0.2) is 5.82 Å². The van der Waals surface area contributed by atoms with E-state index in [0.717, 1.165) is 42.3 Å². The lowest BCUT2D eigenvalue weighted by Gasteiger charge is -2.31. The molecule has 3 rings (SSSR count). The van der Waals surface area contributed by atoms with Gasteiger partial charge in [-0.25, -0.2) is 0 Å². The van der Waals surface area contributed by atoms with E-state index in [1.165, 1.54) is 6.42 Å². The Labute approximate surface area is 142 Å². The maximum atomic E-state index is 12.4. The van der Waals surface area contributed by atoms with Crippen molar-refractivity contribution in [2.45, 2.75) is 33.6 Å². The largest absolute Gasteiger partial charge is 0.376 e. The second-order valence-electron chi connectivity index (χ2n) is 6.58. The van der Waals surface area contributed by atoms with Gasteiger partial charge in [0.05, 0.1) is 12.2 Å². The van der Waals surface area contributed by atoms with Crippen molar-refractivity contribution >= 4 is 11.6 Å². The lowest BCUT2D eigenvalue weighted by atomic mass is 10.0. The van der Waals surface area contributed by atoms with Gasteiger partial charge >= 0.3 is 0 Å². The molecule has 1 saturated heterocycles. The normalized spacial score (nSPS) is 17.8. The third-order valence-electron chi connectivity index (χ3n) is 4.52. The fourth-order valence-electron chi connectivity index (χ4n) is 3.11. The molecule has 128 valence electrons.